The van der Waals surface area contributed by atoms with Crippen LogP contribution in [-0.2, 0) is 0 Å². The lowest BCUT2D eigenvalue weighted by atomic mass is 10.1. The summed E-state index contributed by atoms with van der Waals surface area (Å²) in [5.74, 6) is 0. The average molecular weight is 252 g/mol. The molecule has 2 nitrogen and oxygen atoms in total. The van der Waals surface area contributed by atoms with Gasteiger partial charge in [-0.25, -0.2) is 0 Å². The van der Waals surface area contributed by atoms with Gasteiger partial charge in [-0.15, -0.1) is 11.8 Å². The fourth-order valence-electron chi connectivity index (χ4n) is 1.49. The van der Waals surface area contributed by atoms with Gasteiger partial charge in [0.1, 0.15) is 0 Å². The van der Waals surface area contributed by atoms with Gasteiger partial charge in [-0.1, -0.05) is 17.7 Å². The maximum Gasteiger partial charge on any atom is 0.182 e. The van der Waals surface area contributed by atoms with Gasteiger partial charge in [0, 0.05) is 33.8 Å². The zero-order valence-electron chi connectivity index (χ0n) is 8.66. The standard InChI is InChI=1S/C12H10ClNOS/c1-16-12-6-8(13)2-3-10(12)11-7-9(15)4-5-14-11/h2-7H,1H3,(H,14,15). The van der Waals surface area contributed by atoms with Crippen LogP contribution in [0.4, 0.5) is 0 Å². The molecule has 0 amide bonds. The van der Waals surface area contributed by atoms with Gasteiger partial charge in [-0.05, 0) is 18.4 Å². The normalized spacial score (nSPS) is 10.4. The molecule has 0 fully saturated rings. The number of pyridine rings is 1. The number of aromatic amines is 1. The molecule has 0 saturated heterocycles. The molecule has 1 aromatic carbocycles. The Morgan fingerprint density at radius 2 is 2.06 bits per heavy atom. The fraction of sp³-hybridized carbons (Fsp3) is 0.0833. The number of hydrogen-bond acceptors (Lipinski definition) is 2. The Bertz CT molecular complexity index is 565. The van der Waals surface area contributed by atoms with Gasteiger partial charge in [0.25, 0.3) is 0 Å². The van der Waals surface area contributed by atoms with Crippen molar-refractivity contribution in [1.29, 1.82) is 0 Å². The zero-order chi connectivity index (χ0) is 11.5. The molecular weight excluding hydrogens is 242 g/mol. The molecule has 0 saturated carbocycles. The molecule has 0 unspecified atom stereocenters. The third-order valence-corrected chi connectivity index (χ3v) is 3.24. The van der Waals surface area contributed by atoms with E-state index in [-0.39, 0.29) is 5.43 Å². The van der Waals surface area contributed by atoms with Crippen LogP contribution in [0.15, 0.2) is 46.2 Å². The summed E-state index contributed by atoms with van der Waals surface area (Å²) in [6.45, 7) is 0. The number of hydrogen-bond donors (Lipinski definition) is 1. The van der Waals surface area contributed by atoms with Gasteiger partial charge in [0.05, 0.1) is 5.69 Å². The van der Waals surface area contributed by atoms with E-state index >= 15 is 0 Å². The Hall–Kier alpha value is -1.19. The van der Waals surface area contributed by atoms with Gasteiger partial charge in [0.15, 0.2) is 5.43 Å². The van der Waals surface area contributed by atoms with E-state index in [2.05, 4.69) is 4.98 Å². The number of benzene rings is 1. The van der Waals surface area contributed by atoms with E-state index in [4.69, 9.17) is 11.6 Å². The quantitative estimate of drug-likeness (QED) is 0.830. The molecule has 0 aliphatic heterocycles. The van der Waals surface area contributed by atoms with Crippen LogP contribution < -0.4 is 5.43 Å². The first-order chi connectivity index (χ1) is 7.70. The summed E-state index contributed by atoms with van der Waals surface area (Å²) in [6.07, 6.45) is 3.63. The van der Waals surface area contributed by atoms with Crippen molar-refractivity contribution in [2.24, 2.45) is 0 Å². The first kappa shape index (κ1) is 11.3. The van der Waals surface area contributed by atoms with E-state index in [1.807, 2.05) is 24.5 Å². The molecule has 0 radical (unpaired) electrons. The topological polar surface area (TPSA) is 32.9 Å². The minimum Gasteiger partial charge on any atom is -0.361 e. The van der Waals surface area contributed by atoms with Gasteiger partial charge in [-0.2, -0.15) is 0 Å². The molecule has 16 heavy (non-hydrogen) atoms. The van der Waals surface area contributed by atoms with Crippen molar-refractivity contribution in [1.82, 2.24) is 4.98 Å². The lowest BCUT2D eigenvalue weighted by molar-refractivity contribution is 1.28. The first-order valence-corrected chi connectivity index (χ1v) is 6.33. The maximum absolute atomic E-state index is 11.3. The maximum atomic E-state index is 11.3. The van der Waals surface area contributed by atoms with Crippen molar-refractivity contribution in [3.63, 3.8) is 0 Å². The highest BCUT2D eigenvalue weighted by Gasteiger charge is 2.05. The van der Waals surface area contributed by atoms with Gasteiger partial charge >= 0.3 is 0 Å². The summed E-state index contributed by atoms with van der Waals surface area (Å²) >= 11 is 7.53. The van der Waals surface area contributed by atoms with Crippen LogP contribution in [0.5, 0.6) is 0 Å². The molecule has 4 heteroatoms. The molecule has 1 N–H and O–H groups in total. The first-order valence-electron chi connectivity index (χ1n) is 4.73. The number of aromatic nitrogens is 1. The van der Waals surface area contributed by atoms with Crippen LogP contribution in [0, 0.1) is 0 Å². The van der Waals surface area contributed by atoms with Crippen LogP contribution in [-0.4, -0.2) is 11.2 Å². The predicted octanol–water partition coefficient (Wildman–Crippen LogP) is 3.42. The van der Waals surface area contributed by atoms with Crippen LogP contribution in [0.1, 0.15) is 0 Å². The molecule has 0 aliphatic rings. The van der Waals surface area contributed by atoms with Crippen LogP contribution in [0.2, 0.25) is 5.02 Å². The molecule has 0 spiro atoms. The molecule has 0 bridgehead atoms. The van der Waals surface area contributed by atoms with E-state index < -0.39 is 0 Å². The summed E-state index contributed by atoms with van der Waals surface area (Å²) in [7, 11) is 0. The molecule has 0 atom stereocenters. The Morgan fingerprint density at radius 1 is 1.25 bits per heavy atom. The second-order valence-electron chi connectivity index (χ2n) is 3.28. The lowest BCUT2D eigenvalue weighted by Crippen LogP contribution is -1.98. The van der Waals surface area contributed by atoms with E-state index in [0.29, 0.717) is 5.02 Å². The summed E-state index contributed by atoms with van der Waals surface area (Å²) in [6, 6.07) is 8.72. The summed E-state index contributed by atoms with van der Waals surface area (Å²) in [5, 5.41) is 0.700. The molecular formula is C12H10ClNOS. The minimum absolute atomic E-state index is 0.00393. The van der Waals surface area contributed by atoms with Crippen molar-refractivity contribution in [2.45, 2.75) is 4.90 Å². The molecule has 2 aromatic rings. The number of H-pyrrole nitrogens is 1. The van der Waals surface area contributed by atoms with Crippen LogP contribution in [0.25, 0.3) is 11.3 Å². The highest BCUT2D eigenvalue weighted by molar-refractivity contribution is 7.98. The van der Waals surface area contributed by atoms with Crippen molar-refractivity contribution < 1.29 is 0 Å². The average Bonchev–Trinajstić information content (AvgIpc) is 2.28. The highest BCUT2D eigenvalue weighted by atomic mass is 35.5. The van der Waals surface area contributed by atoms with Gasteiger partial charge < -0.3 is 4.98 Å². The molecule has 82 valence electrons. The third kappa shape index (κ3) is 2.31. The number of thioether (sulfide) groups is 1. The van der Waals surface area contributed by atoms with E-state index in [1.165, 1.54) is 6.07 Å². The fourth-order valence-corrected chi connectivity index (χ4v) is 2.37. The summed E-state index contributed by atoms with van der Waals surface area (Å²) in [4.78, 5) is 15.4. The Kier molecular flexibility index (Phi) is 3.36. The van der Waals surface area contributed by atoms with Crippen molar-refractivity contribution >= 4 is 23.4 Å². The summed E-state index contributed by atoms with van der Waals surface area (Å²) < 4.78 is 0. The zero-order valence-corrected chi connectivity index (χ0v) is 10.2. The number of halogens is 1. The van der Waals surface area contributed by atoms with E-state index in [1.54, 1.807) is 24.0 Å². The van der Waals surface area contributed by atoms with Crippen molar-refractivity contribution in [3.05, 3.63) is 51.8 Å². The minimum atomic E-state index is -0.00393. The Balaban J connectivity index is 2.59. The SMILES string of the molecule is CSc1cc(Cl)ccc1-c1cc(=O)cc[nH]1. The van der Waals surface area contributed by atoms with Gasteiger partial charge in [0.2, 0.25) is 0 Å². The molecule has 0 aliphatic carbocycles. The van der Waals surface area contributed by atoms with Crippen molar-refractivity contribution in [3.8, 4) is 11.3 Å². The van der Waals surface area contributed by atoms with Crippen molar-refractivity contribution in [2.75, 3.05) is 6.26 Å². The van der Waals surface area contributed by atoms with Gasteiger partial charge in [-0.3, -0.25) is 4.79 Å². The molecule has 2 rings (SSSR count). The van der Waals surface area contributed by atoms with E-state index in [9.17, 15) is 4.79 Å². The second-order valence-corrected chi connectivity index (χ2v) is 4.57. The second kappa shape index (κ2) is 4.76. The number of nitrogens with one attached hydrogen (secondary N) is 1. The largest absolute Gasteiger partial charge is 0.361 e. The van der Waals surface area contributed by atoms with Crippen LogP contribution in [0.3, 0.4) is 0 Å². The van der Waals surface area contributed by atoms with Crippen LogP contribution >= 0.6 is 23.4 Å². The molecule has 1 heterocycles. The van der Waals surface area contributed by atoms with E-state index in [0.717, 1.165) is 16.2 Å². The monoisotopic (exact) mass is 251 g/mol. The third-order valence-electron chi connectivity index (χ3n) is 2.23. The highest BCUT2D eigenvalue weighted by Crippen LogP contribution is 2.30. The molecule has 1 aromatic heterocycles. The predicted molar refractivity (Wildman–Crippen MR) is 69.3 cm³/mol. The lowest BCUT2D eigenvalue weighted by Gasteiger charge is -2.07. The Labute approximate surface area is 103 Å². The number of rotatable bonds is 2. The Morgan fingerprint density at radius 3 is 2.75 bits per heavy atom. The summed E-state index contributed by atoms with van der Waals surface area (Å²) in [5.41, 5.74) is 1.80. The smallest absolute Gasteiger partial charge is 0.182 e.